The lowest BCUT2D eigenvalue weighted by Crippen LogP contribution is -2.39. The molecule has 1 saturated carbocycles. The summed E-state index contributed by atoms with van der Waals surface area (Å²) in [6.45, 7) is 10.2. The summed E-state index contributed by atoms with van der Waals surface area (Å²) in [6.07, 6.45) is 8.34. The summed E-state index contributed by atoms with van der Waals surface area (Å²) in [6, 6.07) is 0.498. The fourth-order valence-corrected chi connectivity index (χ4v) is 4.41. The third-order valence-corrected chi connectivity index (χ3v) is 6.09. The van der Waals surface area contributed by atoms with Gasteiger partial charge in [0.15, 0.2) is 0 Å². The monoisotopic (exact) mass is 317 g/mol. The van der Waals surface area contributed by atoms with Crippen molar-refractivity contribution in [3.05, 3.63) is 0 Å². The van der Waals surface area contributed by atoms with E-state index in [0.717, 1.165) is 31.2 Å². The van der Waals surface area contributed by atoms with E-state index >= 15 is 0 Å². The Bertz CT molecular complexity index is 390. The van der Waals surface area contributed by atoms with Crippen LogP contribution in [0.2, 0.25) is 0 Å². The largest absolute Gasteiger partial charge is 0.314 e. The van der Waals surface area contributed by atoms with Gasteiger partial charge in [-0.05, 0) is 62.3 Å². The van der Waals surface area contributed by atoms with E-state index in [1.807, 2.05) is 0 Å². The highest BCUT2D eigenvalue weighted by Gasteiger charge is 2.32. The molecule has 0 radical (unpaired) electrons. The molecule has 4 heteroatoms. The average molecular weight is 318 g/mol. The van der Waals surface area contributed by atoms with E-state index < -0.39 is 9.84 Å². The molecule has 0 bridgehead atoms. The van der Waals surface area contributed by atoms with E-state index in [-0.39, 0.29) is 0 Å². The van der Waals surface area contributed by atoms with Gasteiger partial charge in [-0.3, -0.25) is 0 Å². The summed E-state index contributed by atoms with van der Waals surface area (Å²) in [5.74, 6) is 1.89. The molecule has 0 saturated heterocycles. The Labute approximate surface area is 132 Å². The molecule has 1 aliphatic rings. The first-order valence-electron chi connectivity index (χ1n) is 8.54. The van der Waals surface area contributed by atoms with Gasteiger partial charge in [-0.2, -0.15) is 0 Å². The van der Waals surface area contributed by atoms with Crippen LogP contribution in [0.25, 0.3) is 0 Å². The standard InChI is InChI=1S/C17H35NO2S/c1-6-18-16(8-7-13-21(5,19)20)14-9-11-15(12-10-14)17(2,3)4/h14-16,18H,6-13H2,1-5H3. The van der Waals surface area contributed by atoms with Crippen molar-refractivity contribution in [1.29, 1.82) is 0 Å². The molecule has 1 fully saturated rings. The van der Waals surface area contributed by atoms with Crippen LogP contribution in [0.1, 0.15) is 66.2 Å². The zero-order valence-corrected chi connectivity index (χ0v) is 15.4. The zero-order chi connectivity index (χ0) is 16.1. The van der Waals surface area contributed by atoms with Gasteiger partial charge in [0.25, 0.3) is 0 Å². The molecule has 0 aromatic heterocycles. The summed E-state index contributed by atoms with van der Waals surface area (Å²) in [5.41, 5.74) is 0.426. The van der Waals surface area contributed by atoms with Crippen molar-refractivity contribution >= 4 is 9.84 Å². The quantitative estimate of drug-likeness (QED) is 0.780. The molecule has 0 aromatic carbocycles. The van der Waals surface area contributed by atoms with Gasteiger partial charge in [0, 0.05) is 18.1 Å². The maximum absolute atomic E-state index is 11.3. The first-order valence-corrected chi connectivity index (χ1v) is 10.6. The van der Waals surface area contributed by atoms with Crippen LogP contribution in [-0.2, 0) is 9.84 Å². The SMILES string of the molecule is CCNC(CCCS(C)(=O)=O)C1CCC(C(C)(C)C)CC1. The van der Waals surface area contributed by atoms with Crippen molar-refractivity contribution in [3.63, 3.8) is 0 Å². The van der Waals surface area contributed by atoms with E-state index in [0.29, 0.717) is 17.2 Å². The van der Waals surface area contributed by atoms with Crippen LogP contribution in [0.4, 0.5) is 0 Å². The van der Waals surface area contributed by atoms with Crippen LogP contribution in [-0.4, -0.2) is 33.0 Å². The second kappa shape index (κ2) is 7.96. The summed E-state index contributed by atoms with van der Waals surface area (Å²) in [5, 5.41) is 3.60. The fourth-order valence-electron chi connectivity index (χ4n) is 3.72. The van der Waals surface area contributed by atoms with Crippen molar-refractivity contribution in [1.82, 2.24) is 5.32 Å². The van der Waals surface area contributed by atoms with Gasteiger partial charge in [0.2, 0.25) is 0 Å². The number of nitrogens with one attached hydrogen (secondary N) is 1. The Morgan fingerprint density at radius 1 is 1.14 bits per heavy atom. The minimum Gasteiger partial charge on any atom is -0.314 e. The second-order valence-electron chi connectivity index (χ2n) is 7.91. The van der Waals surface area contributed by atoms with E-state index in [9.17, 15) is 8.42 Å². The van der Waals surface area contributed by atoms with Crippen molar-refractivity contribution in [3.8, 4) is 0 Å². The molecule has 1 N–H and O–H groups in total. The first-order chi connectivity index (χ1) is 9.63. The van der Waals surface area contributed by atoms with Crippen molar-refractivity contribution < 1.29 is 8.42 Å². The van der Waals surface area contributed by atoms with E-state index in [2.05, 4.69) is 33.0 Å². The molecular formula is C17H35NO2S. The van der Waals surface area contributed by atoms with Gasteiger partial charge < -0.3 is 5.32 Å². The smallest absolute Gasteiger partial charge is 0.147 e. The molecule has 126 valence electrons. The highest BCUT2D eigenvalue weighted by atomic mass is 32.2. The van der Waals surface area contributed by atoms with Crippen LogP contribution in [0.3, 0.4) is 0 Å². The van der Waals surface area contributed by atoms with Gasteiger partial charge in [0.05, 0.1) is 0 Å². The van der Waals surface area contributed by atoms with Gasteiger partial charge in [-0.25, -0.2) is 8.42 Å². The molecule has 1 aliphatic carbocycles. The molecule has 21 heavy (non-hydrogen) atoms. The number of hydrogen-bond acceptors (Lipinski definition) is 3. The fraction of sp³-hybridized carbons (Fsp3) is 1.00. The number of sulfone groups is 1. The van der Waals surface area contributed by atoms with Crippen LogP contribution in [0, 0.1) is 17.3 Å². The van der Waals surface area contributed by atoms with Crippen molar-refractivity contribution in [2.45, 2.75) is 72.3 Å². The Kier molecular flexibility index (Phi) is 7.18. The van der Waals surface area contributed by atoms with Crippen LogP contribution >= 0.6 is 0 Å². The Morgan fingerprint density at radius 3 is 2.14 bits per heavy atom. The summed E-state index contributed by atoms with van der Waals surface area (Å²) in [7, 11) is -2.82. The Balaban J connectivity index is 2.47. The van der Waals surface area contributed by atoms with Crippen molar-refractivity contribution in [2.24, 2.45) is 17.3 Å². The van der Waals surface area contributed by atoms with Crippen LogP contribution < -0.4 is 5.32 Å². The molecule has 0 amide bonds. The van der Waals surface area contributed by atoms with Crippen LogP contribution in [0.15, 0.2) is 0 Å². The third kappa shape index (κ3) is 7.14. The summed E-state index contributed by atoms with van der Waals surface area (Å²) < 4.78 is 22.6. The number of rotatable bonds is 7. The normalized spacial score (nSPS) is 25.8. The first kappa shape index (κ1) is 19.0. The van der Waals surface area contributed by atoms with E-state index in [4.69, 9.17) is 0 Å². The predicted octanol–water partition coefficient (Wildman–Crippen LogP) is 3.64. The summed E-state index contributed by atoms with van der Waals surface area (Å²) in [4.78, 5) is 0. The van der Waals surface area contributed by atoms with E-state index in [1.165, 1.54) is 31.9 Å². The second-order valence-corrected chi connectivity index (χ2v) is 10.2. The molecule has 1 unspecified atom stereocenters. The molecule has 0 heterocycles. The molecule has 1 atom stereocenters. The van der Waals surface area contributed by atoms with Gasteiger partial charge in [-0.15, -0.1) is 0 Å². The van der Waals surface area contributed by atoms with Crippen LogP contribution in [0.5, 0.6) is 0 Å². The maximum Gasteiger partial charge on any atom is 0.147 e. The molecule has 0 aromatic rings. The lowest BCUT2D eigenvalue weighted by atomic mass is 9.68. The van der Waals surface area contributed by atoms with E-state index in [1.54, 1.807) is 0 Å². The Morgan fingerprint density at radius 2 is 1.71 bits per heavy atom. The molecule has 0 spiro atoms. The maximum atomic E-state index is 11.3. The average Bonchev–Trinajstić information content (AvgIpc) is 2.35. The molecule has 1 rings (SSSR count). The minimum atomic E-state index is -2.82. The number of hydrogen-bond donors (Lipinski definition) is 1. The topological polar surface area (TPSA) is 46.2 Å². The Hall–Kier alpha value is -0.0900. The lowest BCUT2D eigenvalue weighted by Gasteiger charge is -2.39. The van der Waals surface area contributed by atoms with Gasteiger partial charge in [0.1, 0.15) is 9.84 Å². The van der Waals surface area contributed by atoms with Crippen molar-refractivity contribution in [2.75, 3.05) is 18.6 Å². The van der Waals surface area contributed by atoms with Gasteiger partial charge in [-0.1, -0.05) is 27.7 Å². The van der Waals surface area contributed by atoms with Gasteiger partial charge >= 0.3 is 0 Å². The lowest BCUT2D eigenvalue weighted by molar-refractivity contribution is 0.130. The third-order valence-electron chi connectivity index (χ3n) is 5.06. The highest BCUT2D eigenvalue weighted by Crippen LogP contribution is 2.41. The predicted molar refractivity (Wildman–Crippen MR) is 91.3 cm³/mol. The summed E-state index contributed by atoms with van der Waals surface area (Å²) >= 11 is 0. The molecular weight excluding hydrogens is 282 g/mol. The zero-order valence-electron chi connectivity index (χ0n) is 14.6. The molecule has 3 nitrogen and oxygen atoms in total. The highest BCUT2D eigenvalue weighted by molar-refractivity contribution is 7.90. The minimum absolute atomic E-state index is 0.326. The molecule has 0 aliphatic heterocycles.